The first-order valence-electron chi connectivity index (χ1n) is 9.40. The van der Waals surface area contributed by atoms with E-state index in [-0.39, 0.29) is 18.9 Å². The van der Waals surface area contributed by atoms with E-state index in [4.69, 9.17) is 0 Å². The highest BCUT2D eigenvalue weighted by Crippen LogP contribution is 2.06. The van der Waals surface area contributed by atoms with Crippen molar-refractivity contribution in [1.29, 1.82) is 0 Å². The standard InChI is InChI=1S/C21H23N5O3S/c27-21(10-12-25-30(28,29)13-11-18-4-2-1-3-5-18)23-14-19-6-8-20(9-7-19)15-26-17-22-16-24-26/h1-9,11,13,16-17,25H,10,12,14-15H2,(H,23,27)/b13-11+. The fourth-order valence-corrected chi connectivity index (χ4v) is 3.46. The molecule has 30 heavy (non-hydrogen) atoms. The quantitative estimate of drug-likeness (QED) is 0.516. The fourth-order valence-electron chi connectivity index (χ4n) is 2.64. The SMILES string of the molecule is O=C(CCNS(=O)(=O)/C=C/c1ccccc1)NCc1ccc(Cn2cncn2)cc1. The number of hydrogen-bond acceptors (Lipinski definition) is 5. The molecule has 0 unspecified atom stereocenters. The van der Waals surface area contributed by atoms with Crippen LogP contribution in [0.2, 0.25) is 0 Å². The molecule has 0 aliphatic rings. The predicted molar refractivity (Wildman–Crippen MR) is 114 cm³/mol. The van der Waals surface area contributed by atoms with E-state index in [9.17, 15) is 13.2 Å². The van der Waals surface area contributed by atoms with Crippen LogP contribution in [0.1, 0.15) is 23.1 Å². The largest absolute Gasteiger partial charge is 0.352 e. The van der Waals surface area contributed by atoms with E-state index >= 15 is 0 Å². The first-order chi connectivity index (χ1) is 14.5. The number of hydrogen-bond donors (Lipinski definition) is 2. The van der Waals surface area contributed by atoms with Gasteiger partial charge >= 0.3 is 0 Å². The molecule has 1 heterocycles. The molecule has 3 rings (SSSR count). The van der Waals surface area contributed by atoms with Gasteiger partial charge in [-0.3, -0.25) is 4.79 Å². The number of carbonyl (C=O) groups is 1. The van der Waals surface area contributed by atoms with Crippen molar-refractivity contribution in [2.24, 2.45) is 0 Å². The third-order valence-corrected chi connectivity index (χ3v) is 5.32. The van der Waals surface area contributed by atoms with Gasteiger partial charge in [0.1, 0.15) is 12.7 Å². The fraction of sp³-hybridized carbons (Fsp3) is 0.190. The Morgan fingerprint density at radius 2 is 1.77 bits per heavy atom. The Morgan fingerprint density at radius 3 is 2.47 bits per heavy atom. The van der Waals surface area contributed by atoms with E-state index < -0.39 is 10.0 Å². The predicted octanol–water partition coefficient (Wildman–Crippen LogP) is 1.92. The van der Waals surface area contributed by atoms with E-state index in [2.05, 4.69) is 20.1 Å². The first kappa shape index (κ1) is 21.4. The molecule has 0 spiro atoms. The summed E-state index contributed by atoms with van der Waals surface area (Å²) >= 11 is 0. The van der Waals surface area contributed by atoms with Crippen molar-refractivity contribution in [3.8, 4) is 0 Å². The van der Waals surface area contributed by atoms with E-state index in [1.807, 2.05) is 42.5 Å². The number of benzene rings is 2. The normalized spacial score (nSPS) is 11.6. The van der Waals surface area contributed by atoms with Gasteiger partial charge in [0.15, 0.2) is 0 Å². The molecule has 0 saturated heterocycles. The van der Waals surface area contributed by atoms with Crippen molar-refractivity contribution >= 4 is 22.0 Å². The number of nitrogens with zero attached hydrogens (tertiary/aromatic N) is 3. The maximum absolute atomic E-state index is 12.0. The van der Waals surface area contributed by atoms with Gasteiger partial charge in [-0.2, -0.15) is 5.10 Å². The Morgan fingerprint density at radius 1 is 1.03 bits per heavy atom. The van der Waals surface area contributed by atoms with Gasteiger partial charge in [0.25, 0.3) is 0 Å². The van der Waals surface area contributed by atoms with E-state index in [1.165, 1.54) is 12.4 Å². The molecule has 0 saturated carbocycles. The number of rotatable bonds is 10. The average molecular weight is 426 g/mol. The molecule has 1 aromatic heterocycles. The molecule has 0 aliphatic carbocycles. The summed E-state index contributed by atoms with van der Waals surface area (Å²) in [6.07, 6.45) is 4.71. The summed E-state index contributed by atoms with van der Waals surface area (Å²) in [5.41, 5.74) is 2.82. The third-order valence-electron chi connectivity index (χ3n) is 4.22. The highest BCUT2D eigenvalue weighted by Gasteiger charge is 2.07. The lowest BCUT2D eigenvalue weighted by Crippen LogP contribution is -2.29. The van der Waals surface area contributed by atoms with Crippen LogP contribution in [-0.4, -0.2) is 35.6 Å². The monoisotopic (exact) mass is 425 g/mol. The molecule has 2 N–H and O–H groups in total. The van der Waals surface area contributed by atoms with E-state index in [0.717, 1.165) is 22.1 Å². The van der Waals surface area contributed by atoms with Crippen LogP contribution < -0.4 is 10.0 Å². The summed E-state index contributed by atoms with van der Waals surface area (Å²) in [7, 11) is -3.59. The zero-order chi connectivity index (χ0) is 21.2. The molecule has 1 amide bonds. The lowest BCUT2D eigenvalue weighted by atomic mass is 10.1. The molecular weight excluding hydrogens is 402 g/mol. The van der Waals surface area contributed by atoms with Gasteiger partial charge in [-0.15, -0.1) is 0 Å². The minimum atomic E-state index is -3.59. The second-order valence-corrected chi connectivity index (χ2v) is 8.24. The van der Waals surface area contributed by atoms with Crippen LogP contribution in [0.25, 0.3) is 6.08 Å². The van der Waals surface area contributed by atoms with Crippen molar-refractivity contribution in [2.75, 3.05) is 6.54 Å². The Balaban J connectivity index is 1.38. The molecule has 2 aromatic carbocycles. The van der Waals surface area contributed by atoms with Gasteiger partial charge < -0.3 is 5.32 Å². The maximum atomic E-state index is 12.0. The lowest BCUT2D eigenvalue weighted by Gasteiger charge is -2.07. The van der Waals surface area contributed by atoms with Gasteiger partial charge in [-0.05, 0) is 22.8 Å². The van der Waals surface area contributed by atoms with Crippen molar-refractivity contribution < 1.29 is 13.2 Å². The molecule has 8 nitrogen and oxygen atoms in total. The Labute approximate surface area is 175 Å². The first-order valence-corrected chi connectivity index (χ1v) is 10.9. The van der Waals surface area contributed by atoms with Crippen molar-refractivity contribution in [1.82, 2.24) is 24.8 Å². The van der Waals surface area contributed by atoms with Gasteiger partial charge in [-0.25, -0.2) is 22.8 Å². The molecule has 0 aliphatic heterocycles. The summed E-state index contributed by atoms with van der Waals surface area (Å²) in [5.74, 6) is -0.226. The van der Waals surface area contributed by atoms with Crippen LogP contribution in [0, 0.1) is 0 Å². The third kappa shape index (κ3) is 7.26. The van der Waals surface area contributed by atoms with Gasteiger partial charge in [0.2, 0.25) is 15.9 Å². The Bertz CT molecular complexity index is 1060. The van der Waals surface area contributed by atoms with Crippen LogP contribution in [0.15, 0.2) is 72.7 Å². The summed E-state index contributed by atoms with van der Waals surface area (Å²) in [4.78, 5) is 15.9. The van der Waals surface area contributed by atoms with Crippen molar-refractivity contribution in [3.05, 3.63) is 89.4 Å². The van der Waals surface area contributed by atoms with Crippen LogP contribution in [0.5, 0.6) is 0 Å². The number of nitrogens with one attached hydrogen (secondary N) is 2. The summed E-state index contributed by atoms with van der Waals surface area (Å²) in [5, 5.41) is 7.95. The number of sulfonamides is 1. The second kappa shape index (κ2) is 10.5. The minimum absolute atomic E-state index is 0.0319. The number of amides is 1. The van der Waals surface area contributed by atoms with E-state index in [1.54, 1.807) is 23.1 Å². The zero-order valence-electron chi connectivity index (χ0n) is 16.3. The van der Waals surface area contributed by atoms with Crippen LogP contribution in [0.3, 0.4) is 0 Å². The van der Waals surface area contributed by atoms with E-state index in [0.29, 0.717) is 13.1 Å². The van der Waals surface area contributed by atoms with Gasteiger partial charge in [-0.1, -0.05) is 54.6 Å². The molecule has 0 fully saturated rings. The topological polar surface area (TPSA) is 106 Å². The van der Waals surface area contributed by atoms with Gasteiger partial charge in [0.05, 0.1) is 6.54 Å². The lowest BCUT2D eigenvalue weighted by molar-refractivity contribution is -0.121. The molecule has 156 valence electrons. The summed E-state index contributed by atoms with van der Waals surface area (Å²) in [6.45, 7) is 1.04. The van der Waals surface area contributed by atoms with Crippen molar-refractivity contribution in [3.63, 3.8) is 0 Å². The molecule has 0 bridgehead atoms. The highest BCUT2D eigenvalue weighted by atomic mass is 32.2. The van der Waals surface area contributed by atoms with Crippen LogP contribution in [-0.2, 0) is 27.9 Å². The van der Waals surface area contributed by atoms with Crippen LogP contribution >= 0.6 is 0 Å². The van der Waals surface area contributed by atoms with Crippen LogP contribution in [0.4, 0.5) is 0 Å². The molecule has 0 atom stereocenters. The number of aromatic nitrogens is 3. The minimum Gasteiger partial charge on any atom is -0.352 e. The highest BCUT2D eigenvalue weighted by molar-refractivity contribution is 7.92. The maximum Gasteiger partial charge on any atom is 0.233 e. The summed E-state index contributed by atoms with van der Waals surface area (Å²) in [6, 6.07) is 16.9. The van der Waals surface area contributed by atoms with Crippen molar-refractivity contribution in [2.45, 2.75) is 19.5 Å². The summed E-state index contributed by atoms with van der Waals surface area (Å²) < 4.78 is 28.1. The Hall–Kier alpha value is -3.30. The molecule has 3 aromatic rings. The average Bonchev–Trinajstić information content (AvgIpc) is 3.26. The molecule has 0 radical (unpaired) electrons. The molecule has 9 heteroatoms. The second-order valence-electron chi connectivity index (χ2n) is 6.59. The Kier molecular flexibility index (Phi) is 7.47. The molecular formula is C21H23N5O3S. The van der Waals surface area contributed by atoms with Gasteiger partial charge in [0, 0.05) is 24.9 Å². The zero-order valence-corrected chi connectivity index (χ0v) is 17.1. The smallest absolute Gasteiger partial charge is 0.233 e. The number of carbonyl (C=O) groups excluding carboxylic acids is 1.